The Labute approximate surface area is 148 Å². The van der Waals surface area contributed by atoms with Crippen molar-refractivity contribution in [1.29, 1.82) is 0 Å². The zero-order valence-electron chi connectivity index (χ0n) is 14.9. The minimum atomic E-state index is -0.376. The number of carbonyl (C=O) groups excluding carboxylic acids is 1. The quantitative estimate of drug-likeness (QED) is 0.832. The van der Waals surface area contributed by atoms with Crippen LogP contribution in [0.15, 0.2) is 0 Å². The first-order valence-corrected chi connectivity index (χ1v) is 9.73. The van der Waals surface area contributed by atoms with Crippen molar-refractivity contribution in [3.05, 3.63) is 11.6 Å². The summed E-state index contributed by atoms with van der Waals surface area (Å²) in [6, 6.07) is 0.288. The SMILES string of the molecule is O=C1CC(CF)CN1C1CCN(Cc2nnc3n2CCCCC3)CC1. The summed E-state index contributed by atoms with van der Waals surface area (Å²) in [5.74, 6) is 2.29. The number of carbonyl (C=O) groups is 1. The molecule has 138 valence electrons. The maximum Gasteiger partial charge on any atom is 0.223 e. The van der Waals surface area contributed by atoms with E-state index in [4.69, 9.17) is 0 Å². The van der Waals surface area contributed by atoms with Gasteiger partial charge in [0.2, 0.25) is 5.91 Å². The molecule has 6 nitrogen and oxygen atoms in total. The molecule has 0 radical (unpaired) electrons. The first-order chi connectivity index (χ1) is 12.2. The van der Waals surface area contributed by atoms with Crippen LogP contribution in [0.25, 0.3) is 0 Å². The molecule has 7 heteroatoms. The molecule has 0 aliphatic carbocycles. The van der Waals surface area contributed by atoms with Crippen molar-refractivity contribution >= 4 is 5.91 Å². The van der Waals surface area contributed by atoms with Gasteiger partial charge in [0.1, 0.15) is 11.6 Å². The Morgan fingerprint density at radius 2 is 1.92 bits per heavy atom. The van der Waals surface area contributed by atoms with E-state index < -0.39 is 0 Å². The highest BCUT2D eigenvalue weighted by atomic mass is 19.1. The van der Waals surface area contributed by atoms with Crippen LogP contribution in [0.4, 0.5) is 4.39 Å². The van der Waals surface area contributed by atoms with Gasteiger partial charge in [0, 0.05) is 51.0 Å². The molecule has 0 N–H and O–H groups in total. The second-order valence-corrected chi connectivity index (χ2v) is 7.77. The summed E-state index contributed by atoms with van der Waals surface area (Å²) in [5.41, 5.74) is 0. The molecule has 1 atom stereocenters. The molecule has 2 fully saturated rings. The number of aromatic nitrogens is 3. The molecule has 25 heavy (non-hydrogen) atoms. The lowest BCUT2D eigenvalue weighted by Gasteiger charge is -2.36. The molecular weight excluding hydrogens is 321 g/mol. The summed E-state index contributed by atoms with van der Waals surface area (Å²) >= 11 is 0. The van der Waals surface area contributed by atoms with Crippen LogP contribution in [0.3, 0.4) is 0 Å². The predicted molar refractivity (Wildman–Crippen MR) is 91.7 cm³/mol. The van der Waals surface area contributed by atoms with E-state index in [-0.39, 0.29) is 24.5 Å². The maximum atomic E-state index is 12.9. The summed E-state index contributed by atoms with van der Waals surface area (Å²) in [5, 5.41) is 8.81. The summed E-state index contributed by atoms with van der Waals surface area (Å²) in [6.45, 7) is 4.06. The Morgan fingerprint density at radius 3 is 2.68 bits per heavy atom. The van der Waals surface area contributed by atoms with Crippen LogP contribution >= 0.6 is 0 Å². The summed E-state index contributed by atoms with van der Waals surface area (Å²) in [6.07, 6.45) is 7.10. The van der Waals surface area contributed by atoms with Crippen LogP contribution in [-0.4, -0.2) is 62.8 Å². The average molecular weight is 349 g/mol. The largest absolute Gasteiger partial charge is 0.339 e. The Morgan fingerprint density at radius 1 is 1.08 bits per heavy atom. The van der Waals surface area contributed by atoms with Crippen molar-refractivity contribution in [2.24, 2.45) is 5.92 Å². The lowest BCUT2D eigenvalue weighted by Crippen LogP contribution is -2.45. The molecule has 4 rings (SSSR count). The van der Waals surface area contributed by atoms with Crippen molar-refractivity contribution in [3.63, 3.8) is 0 Å². The van der Waals surface area contributed by atoms with Crippen LogP contribution in [0, 0.1) is 5.92 Å². The number of rotatable bonds is 4. The Balaban J connectivity index is 1.32. The van der Waals surface area contributed by atoms with E-state index >= 15 is 0 Å². The van der Waals surface area contributed by atoms with Crippen LogP contribution in [0.2, 0.25) is 0 Å². The number of nitrogens with zero attached hydrogens (tertiary/aromatic N) is 5. The molecule has 1 amide bonds. The van der Waals surface area contributed by atoms with Gasteiger partial charge in [-0.05, 0) is 25.7 Å². The standard InChI is InChI=1S/C18H28FN5O/c19-11-14-10-18(25)24(12-14)15-5-8-22(9-6-15)13-17-21-20-16-4-2-1-3-7-23(16)17/h14-15H,1-13H2. The normalized spacial score (nSPS) is 26.0. The molecular formula is C18H28FN5O. The third kappa shape index (κ3) is 3.57. The first kappa shape index (κ1) is 16.9. The fraction of sp³-hybridized carbons (Fsp3) is 0.833. The number of aryl methyl sites for hydroxylation is 1. The molecule has 4 heterocycles. The Hall–Kier alpha value is -1.50. The van der Waals surface area contributed by atoms with Crippen LogP contribution in [0.5, 0.6) is 0 Å². The van der Waals surface area contributed by atoms with E-state index in [1.54, 1.807) is 0 Å². The van der Waals surface area contributed by atoms with Gasteiger partial charge in [0.25, 0.3) is 0 Å². The van der Waals surface area contributed by atoms with Crippen molar-refractivity contribution in [2.45, 2.75) is 64.1 Å². The zero-order valence-corrected chi connectivity index (χ0v) is 14.9. The summed E-state index contributed by atoms with van der Waals surface area (Å²) in [7, 11) is 0. The van der Waals surface area contributed by atoms with Gasteiger partial charge in [-0.25, -0.2) is 0 Å². The molecule has 0 saturated carbocycles. The van der Waals surface area contributed by atoms with Gasteiger partial charge in [-0.3, -0.25) is 14.1 Å². The predicted octanol–water partition coefficient (Wildman–Crippen LogP) is 1.79. The van der Waals surface area contributed by atoms with Gasteiger partial charge in [-0.1, -0.05) is 6.42 Å². The number of piperidine rings is 1. The van der Waals surface area contributed by atoms with Crippen molar-refractivity contribution in [2.75, 3.05) is 26.3 Å². The van der Waals surface area contributed by atoms with Gasteiger partial charge in [0.15, 0.2) is 0 Å². The molecule has 1 unspecified atom stereocenters. The Kier molecular flexibility index (Phi) is 5.01. The molecule has 0 spiro atoms. The number of hydrogen-bond acceptors (Lipinski definition) is 4. The van der Waals surface area contributed by atoms with E-state index in [9.17, 15) is 9.18 Å². The van der Waals surface area contributed by atoms with E-state index in [2.05, 4.69) is 19.7 Å². The van der Waals surface area contributed by atoms with Gasteiger partial charge in [-0.15, -0.1) is 10.2 Å². The Bertz CT molecular complexity index is 611. The van der Waals surface area contributed by atoms with Gasteiger partial charge in [0.05, 0.1) is 13.2 Å². The average Bonchev–Trinajstić information content (AvgIpc) is 3.10. The molecule has 2 saturated heterocycles. The molecule has 1 aromatic heterocycles. The number of amides is 1. The monoisotopic (exact) mass is 349 g/mol. The van der Waals surface area contributed by atoms with Crippen molar-refractivity contribution in [3.8, 4) is 0 Å². The van der Waals surface area contributed by atoms with E-state index in [1.165, 1.54) is 19.3 Å². The van der Waals surface area contributed by atoms with Gasteiger partial charge >= 0.3 is 0 Å². The third-order valence-corrected chi connectivity index (χ3v) is 6.01. The van der Waals surface area contributed by atoms with Gasteiger partial charge in [-0.2, -0.15) is 0 Å². The van der Waals surface area contributed by atoms with Crippen molar-refractivity contribution < 1.29 is 9.18 Å². The number of hydrogen-bond donors (Lipinski definition) is 0. The number of likely N-dealkylation sites (tertiary alicyclic amines) is 2. The molecule has 1 aromatic rings. The number of fused-ring (bicyclic) bond motifs is 1. The lowest BCUT2D eigenvalue weighted by atomic mass is 10.0. The van der Waals surface area contributed by atoms with Gasteiger partial charge < -0.3 is 9.47 Å². The topological polar surface area (TPSA) is 54.3 Å². The van der Waals surface area contributed by atoms with Crippen LogP contribution in [0.1, 0.15) is 50.2 Å². The fourth-order valence-electron chi connectivity index (χ4n) is 4.52. The molecule has 0 aromatic carbocycles. The minimum absolute atomic E-state index is 0.0861. The molecule has 3 aliphatic heterocycles. The first-order valence-electron chi connectivity index (χ1n) is 9.73. The highest BCUT2D eigenvalue weighted by Crippen LogP contribution is 2.26. The smallest absolute Gasteiger partial charge is 0.223 e. The second kappa shape index (κ2) is 7.40. The zero-order chi connectivity index (χ0) is 17.2. The van der Waals surface area contributed by atoms with E-state index in [1.807, 2.05) is 4.90 Å². The second-order valence-electron chi connectivity index (χ2n) is 7.77. The van der Waals surface area contributed by atoms with Crippen LogP contribution < -0.4 is 0 Å². The number of halogens is 1. The highest BCUT2D eigenvalue weighted by molar-refractivity contribution is 5.79. The lowest BCUT2D eigenvalue weighted by molar-refractivity contribution is -0.130. The van der Waals surface area contributed by atoms with E-state index in [0.717, 1.165) is 57.1 Å². The highest BCUT2D eigenvalue weighted by Gasteiger charge is 2.35. The summed E-state index contributed by atoms with van der Waals surface area (Å²) in [4.78, 5) is 16.5. The maximum absolute atomic E-state index is 12.9. The summed E-state index contributed by atoms with van der Waals surface area (Å²) < 4.78 is 15.2. The molecule has 3 aliphatic rings. The van der Waals surface area contributed by atoms with Crippen LogP contribution in [-0.2, 0) is 24.3 Å². The number of alkyl halides is 1. The van der Waals surface area contributed by atoms with Crippen molar-refractivity contribution in [1.82, 2.24) is 24.6 Å². The third-order valence-electron chi connectivity index (χ3n) is 6.01. The van der Waals surface area contributed by atoms with E-state index in [0.29, 0.717) is 13.0 Å². The molecule has 0 bridgehead atoms. The fourth-order valence-corrected chi connectivity index (χ4v) is 4.52. The minimum Gasteiger partial charge on any atom is -0.339 e.